The number of nitrogens with one attached hydrogen (secondary N) is 1. The first-order valence-electron chi connectivity index (χ1n) is 5.94. The van der Waals surface area contributed by atoms with E-state index in [0.717, 1.165) is 30.8 Å². The lowest BCUT2D eigenvalue weighted by molar-refractivity contribution is 0.431. The van der Waals surface area contributed by atoms with E-state index in [1.54, 1.807) is 0 Å². The molecular weight excluding hydrogens is 238 g/mol. The third-order valence-electron chi connectivity index (χ3n) is 3.34. The van der Waals surface area contributed by atoms with E-state index < -0.39 is 9.84 Å². The standard InChI is InChI=1S/C12H19NO3S/c1-9-6-7-10(16-9)8-13-11-4-3-5-12(11)17(2,14)15/h6-7,11-13H,3-5,8H2,1-2H3. The van der Waals surface area contributed by atoms with Crippen LogP contribution < -0.4 is 5.32 Å². The second-order valence-electron chi connectivity index (χ2n) is 4.80. The number of rotatable bonds is 4. The first-order valence-corrected chi connectivity index (χ1v) is 7.90. The van der Waals surface area contributed by atoms with Gasteiger partial charge in [0.05, 0.1) is 11.8 Å². The van der Waals surface area contributed by atoms with Gasteiger partial charge in [-0.3, -0.25) is 0 Å². The molecule has 2 atom stereocenters. The molecule has 5 heteroatoms. The number of furan rings is 1. The Morgan fingerprint density at radius 1 is 1.41 bits per heavy atom. The van der Waals surface area contributed by atoms with Crippen molar-refractivity contribution >= 4 is 9.84 Å². The maximum Gasteiger partial charge on any atom is 0.151 e. The smallest absolute Gasteiger partial charge is 0.151 e. The molecule has 0 aromatic carbocycles. The molecule has 1 aliphatic carbocycles. The number of sulfone groups is 1. The van der Waals surface area contributed by atoms with Gasteiger partial charge < -0.3 is 9.73 Å². The van der Waals surface area contributed by atoms with E-state index in [2.05, 4.69) is 5.32 Å². The second kappa shape index (κ2) is 4.82. The summed E-state index contributed by atoms with van der Waals surface area (Å²) < 4.78 is 28.6. The second-order valence-corrected chi connectivity index (χ2v) is 7.06. The largest absolute Gasteiger partial charge is 0.465 e. The van der Waals surface area contributed by atoms with Crippen LogP contribution in [0.1, 0.15) is 30.8 Å². The molecule has 0 spiro atoms. The predicted molar refractivity (Wildman–Crippen MR) is 66.6 cm³/mol. The van der Waals surface area contributed by atoms with Gasteiger partial charge in [-0.2, -0.15) is 0 Å². The van der Waals surface area contributed by atoms with Crippen LogP contribution >= 0.6 is 0 Å². The van der Waals surface area contributed by atoms with Crippen LogP contribution in [0.5, 0.6) is 0 Å². The highest BCUT2D eigenvalue weighted by molar-refractivity contribution is 7.91. The van der Waals surface area contributed by atoms with Crippen molar-refractivity contribution in [1.82, 2.24) is 5.32 Å². The summed E-state index contributed by atoms with van der Waals surface area (Å²) in [7, 11) is -2.94. The van der Waals surface area contributed by atoms with Crippen molar-refractivity contribution < 1.29 is 12.8 Å². The van der Waals surface area contributed by atoms with Gasteiger partial charge in [-0.1, -0.05) is 6.42 Å². The van der Waals surface area contributed by atoms with E-state index in [-0.39, 0.29) is 11.3 Å². The summed E-state index contributed by atoms with van der Waals surface area (Å²) in [4.78, 5) is 0. The van der Waals surface area contributed by atoms with Crippen LogP contribution in [-0.4, -0.2) is 26.0 Å². The molecule has 1 fully saturated rings. The minimum Gasteiger partial charge on any atom is -0.465 e. The molecular formula is C12H19NO3S. The SMILES string of the molecule is Cc1ccc(CNC2CCCC2S(C)(=O)=O)o1. The van der Waals surface area contributed by atoms with Gasteiger partial charge in [0.1, 0.15) is 11.5 Å². The fraction of sp³-hybridized carbons (Fsp3) is 0.667. The normalized spacial score (nSPS) is 25.3. The number of hydrogen-bond acceptors (Lipinski definition) is 4. The Kier molecular flexibility index (Phi) is 3.58. The summed E-state index contributed by atoms with van der Waals surface area (Å²) in [5, 5.41) is 3.06. The van der Waals surface area contributed by atoms with Crippen LogP contribution in [0.4, 0.5) is 0 Å². The Morgan fingerprint density at radius 3 is 2.76 bits per heavy atom. The fourth-order valence-corrected chi connectivity index (χ4v) is 3.91. The molecule has 2 rings (SSSR count). The van der Waals surface area contributed by atoms with Gasteiger partial charge in [-0.25, -0.2) is 8.42 Å². The monoisotopic (exact) mass is 257 g/mol. The van der Waals surface area contributed by atoms with Gasteiger partial charge in [0.2, 0.25) is 0 Å². The van der Waals surface area contributed by atoms with Crippen molar-refractivity contribution in [2.75, 3.05) is 6.26 Å². The summed E-state index contributed by atoms with van der Waals surface area (Å²) in [5.41, 5.74) is 0. The summed E-state index contributed by atoms with van der Waals surface area (Å²) in [6.45, 7) is 2.50. The van der Waals surface area contributed by atoms with Gasteiger partial charge in [0.15, 0.2) is 9.84 Å². The molecule has 1 N–H and O–H groups in total. The molecule has 0 amide bonds. The Labute approximate surface area is 102 Å². The Bertz CT molecular complexity index is 478. The zero-order valence-electron chi connectivity index (χ0n) is 10.3. The summed E-state index contributed by atoms with van der Waals surface area (Å²) in [6, 6.07) is 3.90. The van der Waals surface area contributed by atoms with Crippen molar-refractivity contribution in [3.8, 4) is 0 Å². The molecule has 17 heavy (non-hydrogen) atoms. The lowest BCUT2D eigenvalue weighted by Gasteiger charge is -2.18. The average Bonchev–Trinajstić information content (AvgIpc) is 2.81. The predicted octanol–water partition coefficient (Wildman–Crippen LogP) is 1.64. The van der Waals surface area contributed by atoms with Crippen molar-refractivity contribution in [3.63, 3.8) is 0 Å². The van der Waals surface area contributed by atoms with Crippen LogP contribution in [-0.2, 0) is 16.4 Å². The maximum absolute atomic E-state index is 11.6. The van der Waals surface area contributed by atoms with E-state index >= 15 is 0 Å². The molecule has 0 saturated heterocycles. The first kappa shape index (κ1) is 12.6. The molecule has 1 heterocycles. The highest BCUT2D eigenvalue weighted by Crippen LogP contribution is 2.25. The molecule has 0 radical (unpaired) electrons. The van der Waals surface area contributed by atoms with Gasteiger partial charge in [-0.05, 0) is 31.9 Å². The zero-order valence-corrected chi connectivity index (χ0v) is 11.1. The molecule has 1 aliphatic rings. The maximum atomic E-state index is 11.6. The average molecular weight is 257 g/mol. The summed E-state index contributed by atoms with van der Waals surface area (Å²) >= 11 is 0. The third-order valence-corrected chi connectivity index (χ3v) is 5.00. The lowest BCUT2D eigenvalue weighted by atomic mass is 10.2. The van der Waals surface area contributed by atoms with E-state index in [0.29, 0.717) is 6.54 Å². The lowest BCUT2D eigenvalue weighted by Crippen LogP contribution is -2.39. The van der Waals surface area contributed by atoms with Gasteiger partial charge in [-0.15, -0.1) is 0 Å². The fourth-order valence-electron chi connectivity index (χ4n) is 2.48. The minimum absolute atomic E-state index is 0.0652. The number of aryl methyl sites for hydroxylation is 1. The third kappa shape index (κ3) is 3.10. The molecule has 1 aromatic rings. The summed E-state index contributed by atoms with van der Waals surface area (Å²) in [5.74, 6) is 1.74. The highest BCUT2D eigenvalue weighted by atomic mass is 32.2. The topological polar surface area (TPSA) is 59.3 Å². The molecule has 96 valence electrons. The van der Waals surface area contributed by atoms with E-state index in [9.17, 15) is 8.42 Å². The van der Waals surface area contributed by atoms with Crippen LogP contribution in [0.25, 0.3) is 0 Å². The van der Waals surface area contributed by atoms with E-state index in [4.69, 9.17) is 4.42 Å². The highest BCUT2D eigenvalue weighted by Gasteiger charge is 2.34. The quantitative estimate of drug-likeness (QED) is 0.891. The Hall–Kier alpha value is -0.810. The minimum atomic E-state index is -2.94. The molecule has 4 nitrogen and oxygen atoms in total. The van der Waals surface area contributed by atoms with E-state index in [1.807, 2.05) is 19.1 Å². The zero-order chi connectivity index (χ0) is 12.5. The molecule has 1 aromatic heterocycles. The Morgan fingerprint density at radius 2 is 2.18 bits per heavy atom. The molecule has 0 aliphatic heterocycles. The Balaban J connectivity index is 1.95. The van der Waals surface area contributed by atoms with Crippen molar-refractivity contribution in [3.05, 3.63) is 23.7 Å². The van der Waals surface area contributed by atoms with Gasteiger partial charge >= 0.3 is 0 Å². The van der Waals surface area contributed by atoms with E-state index in [1.165, 1.54) is 6.26 Å². The van der Waals surface area contributed by atoms with Crippen molar-refractivity contribution in [2.45, 2.75) is 44.0 Å². The van der Waals surface area contributed by atoms with Crippen LogP contribution in [0.3, 0.4) is 0 Å². The van der Waals surface area contributed by atoms with Crippen molar-refractivity contribution in [2.24, 2.45) is 0 Å². The summed E-state index contributed by atoms with van der Waals surface area (Å²) in [6.07, 6.45) is 4.01. The van der Waals surface area contributed by atoms with Crippen LogP contribution in [0.15, 0.2) is 16.5 Å². The van der Waals surface area contributed by atoms with Gasteiger partial charge in [0.25, 0.3) is 0 Å². The van der Waals surface area contributed by atoms with Gasteiger partial charge in [0, 0.05) is 12.3 Å². The van der Waals surface area contributed by atoms with Crippen LogP contribution in [0.2, 0.25) is 0 Å². The van der Waals surface area contributed by atoms with Crippen LogP contribution in [0, 0.1) is 6.92 Å². The number of hydrogen-bond donors (Lipinski definition) is 1. The molecule has 0 bridgehead atoms. The first-order chi connectivity index (χ1) is 7.97. The van der Waals surface area contributed by atoms with Crippen molar-refractivity contribution in [1.29, 1.82) is 0 Å². The molecule has 2 unspecified atom stereocenters. The molecule has 1 saturated carbocycles.